The van der Waals surface area contributed by atoms with Crippen molar-refractivity contribution in [2.24, 2.45) is 0 Å². The van der Waals surface area contributed by atoms with Crippen LogP contribution in [-0.4, -0.2) is 25.6 Å². The first-order valence-corrected chi connectivity index (χ1v) is 21.9. The number of rotatable bonds is 7. The summed E-state index contributed by atoms with van der Waals surface area (Å²) in [5.74, 6) is 0.144. The molecule has 24 heteroatoms. The van der Waals surface area contributed by atoms with Crippen LogP contribution in [0.2, 0.25) is 0 Å². The number of aromatic nitrogens is 3. The van der Waals surface area contributed by atoms with Crippen LogP contribution in [0.3, 0.4) is 0 Å². The molecule has 0 unspecified atom stereocenters. The fourth-order valence-corrected chi connectivity index (χ4v) is 4.94. The molecule has 344 valence electrons. The maximum Gasteiger partial charge on any atom is 4.00 e. The maximum absolute atomic E-state index is 10.7. The molecule has 0 spiro atoms. The molecule has 0 bridgehead atoms. The minimum Gasteiger partial charge on any atom is 4.00 e. The molecule has 1 N–H and O–H groups in total. The largest absolute Gasteiger partial charge is 4.00 e. The van der Waals surface area contributed by atoms with Crippen molar-refractivity contribution in [3.05, 3.63) is 190 Å². The van der Waals surface area contributed by atoms with Crippen LogP contribution in [0.15, 0.2) is 163 Å². The van der Waals surface area contributed by atoms with Crippen LogP contribution in [0.5, 0.6) is 0 Å². The van der Waals surface area contributed by atoms with Crippen molar-refractivity contribution in [3.8, 4) is 11.5 Å². The Morgan fingerprint density at radius 3 is 1.40 bits per heavy atom. The number of fused-ring (bicyclic) bond motifs is 1. The molecule has 4 aliphatic heterocycles. The number of carbonyl (C=O) groups is 1. The number of benzene rings is 1. The molecule has 2 aromatic heterocycles. The number of carboxylic acid groups (broad SMARTS) is 1. The number of aryl methyl sites for hydroxylation is 2. The molecule has 0 saturated heterocycles. The number of hydrogen-bond donors (Lipinski definition) is 1. The topological polar surface area (TPSA) is 124 Å². The Morgan fingerprint density at radius 1 is 0.619 bits per heavy atom. The zero-order chi connectivity index (χ0) is 46.2. The van der Waals surface area contributed by atoms with Crippen molar-refractivity contribution in [1.82, 2.24) is 14.5 Å². The molecule has 1 aromatic carbocycles. The Bertz CT molecular complexity index is 2210. The molecule has 0 amide bonds. The summed E-state index contributed by atoms with van der Waals surface area (Å²) in [6.45, 7) is 2.86. The van der Waals surface area contributed by atoms with Gasteiger partial charge in [-0.2, -0.15) is 47.6 Å². The van der Waals surface area contributed by atoms with Gasteiger partial charge in [-0.05, 0) is 49.6 Å². The second-order valence-corrected chi connectivity index (χ2v) is 16.6. The number of para-hydroxylation sites is 2. The fraction of sp³-hybridized carbons (Fsp3) is 0.154. The van der Waals surface area contributed by atoms with E-state index >= 15 is 0 Å². The predicted octanol–water partition coefficient (Wildman–Crippen LogP) is 17.0. The summed E-state index contributed by atoms with van der Waals surface area (Å²) in [4.78, 5) is 19.8. The minimum atomic E-state index is -10.7. The summed E-state index contributed by atoms with van der Waals surface area (Å²) in [7, 11) is -21.3. The van der Waals surface area contributed by atoms with E-state index in [1.165, 1.54) is 0 Å². The van der Waals surface area contributed by atoms with E-state index in [-0.39, 0.29) is 25.9 Å². The van der Waals surface area contributed by atoms with E-state index < -0.39 is 21.6 Å². The zero-order valence-corrected chi connectivity index (χ0v) is 36.1. The standard InChI is InChI=1S/C19H21N3O2.2C10H8N2.2F6P.Ru/c1-14-10-11-20-16(13-14)19-21-15-7-4-5-8-17(15)22(19)12-6-2-3-9-18(23)24;2*1-3-7-11-9(5-1)10-6-2-4-8-12-10;2*1-7(2,3,4,5)6;/h4-5,7-8,10-11,13H,2-3,6,9,12H2,1H3,(H,23,24);2*1-8H;;;/q;2*-2;2*-1;+4. The third kappa shape index (κ3) is 26.6. The van der Waals surface area contributed by atoms with Crippen molar-refractivity contribution in [1.29, 1.82) is 0 Å². The Hall–Kier alpha value is -5.45. The van der Waals surface area contributed by atoms with E-state index in [0.717, 1.165) is 70.3 Å². The van der Waals surface area contributed by atoms with Gasteiger partial charge in [0.2, 0.25) is 0 Å². The first-order valence-electron chi connectivity index (χ1n) is 17.9. The fourth-order valence-electron chi connectivity index (χ4n) is 4.94. The number of unbranched alkanes of at least 4 members (excludes halogenated alkanes) is 2. The third-order valence-electron chi connectivity index (χ3n) is 7.26. The van der Waals surface area contributed by atoms with Gasteiger partial charge in [-0.15, -0.1) is 0 Å². The smallest absolute Gasteiger partial charge is 4.00 e. The molecule has 0 aliphatic carbocycles. The molecule has 0 atom stereocenters. The van der Waals surface area contributed by atoms with Crippen molar-refractivity contribution in [3.63, 3.8) is 0 Å². The summed E-state index contributed by atoms with van der Waals surface area (Å²) < 4.78 is 121. The number of pyridine rings is 1. The molecule has 63 heavy (non-hydrogen) atoms. The van der Waals surface area contributed by atoms with Crippen molar-refractivity contribution in [2.75, 3.05) is 0 Å². The first kappa shape index (κ1) is 53.7. The van der Waals surface area contributed by atoms with Gasteiger partial charge in [-0.3, -0.25) is 9.78 Å². The van der Waals surface area contributed by atoms with Crippen molar-refractivity contribution in [2.45, 2.75) is 39.2 Å². The Labute approximate surface area is 366 Å². The van der Waals surface area contributed by atoms with Crippen LogP contribution in [0.4, 0.5) is 50.4 Å². The Balaban J connectivity index is 0.000000297. The van der Waals surface area contributed by atoms with Gasteiger partial charge >= 0.3 is 91.4 Å². The molecule has 0 radical (unpaired) electrons. The molecule has 3 aromatic rings. The summed E-state index contributed by atoms with van der Waals surface area (Å²) in [5.41, 5.74) is 7.74. The van der Waals surface area contributed by atoms with E-state index in [1.54, 1.807) is 31.0 Å². The van der Waals surface area contributed by atoms with Gasteiger partial charge in [0.1, 0.15) is 5.69 Å². The van der Waals surface area contributed by atoms with E-state index in [2.05, 4.69) is 36.9 Å². The summed E-state index contributed by atoms with van der Waals surface area (Å²) in [6, 6.07) is 12.1. The van der Waals surface area contributed by atoms with E-state index in [4.69, 9.17) is 10.1 Å². The second-order valence-electron chi connectivity index (χ2n) is 12.8. The predicted molar refractivity (Wildman–Crippen MR) is 222 cm³/mol. The third-order valence-corrected chi connectivity index (χ3v) is 7.26. The van der Waals surface area contributed by atoms with Crippen LogP contribution >= 0.6 is 15.6 Å². The van der Waals surface area contributed by atoms with Crippen molar-refractivity contribution < 1.29 is 79.7 Å². The van der Waals surface area contributed by atoms with Gasteiger partial charge in [-0.25, -0.2) is 4.98 Å². The van der Waals surface area contributed by atoms with Gasteiger partial charge in [0.05, 0.1) is 11.0 Å². The van der Waals surface area contributed by atoms with Gasteiger partial charge in [0.25, 0.3) is 0 Å². The van der Waals surface area contributed by atoms with Crippen LogP contribution in [0.25, 0.3) is 43.8 Å². The molecule has 4 aliphatic rings. The molecule has 0 saturated carbocycles. The van der Waals surface area contributed by atoms with Gasteiger partial charge < -0.3 is 30.9 Å². The van der Waals surface area contributed by atoms with Crippen LogP contribution < -0.4 is 0 Å². The van der Waals surface area contributed by atoms with Crippen molar-refractivity contribution >= 4 is 32.6 Å². The van der Waals surface area contributed by atoms with E-state index in [9.17, 15) is 55.2 Å². The molecular formula is C39H37F12N7O2P2Ru-2. The summed E-state index contributed by atoms with van der Waals surface area (Å²) in [6.07, 6.45) is 34.8. The number of hydrogen-bond acceptors (Lipinski definition) is 3. The van der Waals surface area contributed by atoms with Gasteiger partial charge in [-0.1, -0.05) is 91.5 Å². The zero-order valence-electron chi connectivity index (χ0n) is 32.6. The first-order chi connectivity index (χ1) is 28.5. The normalized spacial score (nSPS) is 19.0. The number of imidazole rings is 1. The average Bonchev–Trinajstić information content (AvgIpc) is 3.56. The molecule has 7 rings (SSSR count). The van der Waals surface area contributed by atoms with Crippen LogP contribution in [-0.2, 0) is 30.8 Å². The summed E-state index contributed by atoms with van der Waals surface area (Å²) in [5, 5.41) is 25.5. The number of nitrogens with zero attached hydrogens (tertiary/aromatic N) is 7. The van der Waals surface area contributed by atoms with E-state index in [0.29, 0.717) is 6.42 Å². The molecule has 6 heterocycles. The number of allylic oxidation sites excluding steroid dienone is 12. The monoisotopic (exact) mass is 1030 g/mol. The number of aliphatic carboxylic acids is 1. The number of halogens is 12. The second kappa shape index (κ2) is 20.8. The van der Waals surface area contributed by atoms with Gasteiger partial charge in [0, 0.05) is 19.2 Å². The number of carboxylic acids is 1. The van der Waals surface area contributed by atoms with Gasteiger partial charge in [0.15, 0.2) is 5.82 Å². The average molecular weight is 1030 g/mol. The molecule has 9 nitrogen and oxygen atoms in total. The molecular weight excluding hydrogens is 989 g/mol. The minimum absolute atomic E-state index is 0. The van der Waals surface area contributed by atoms with E-state index in [1.807, 2.05) is 110 Å². The Kier molecular flexibility index (Phi) is 17.7. The van der Waals surface area contributed by atoms with Crippen LogP contribution in [0.1, 0.15) is 31.2 Å². The summed E-state index contributed by atoms with van der Waals surface area (Å²) >= 11 is 0. The SMILES string of the molecule is C1=C[N-]C(=C2C=CC=C[N-]2)C=C1.C1=C[N-]C(=C2C=CC=C[N-]2)C=C1.Cc1ccnc(-c2nc3ccccc3n2CCCCCC(=O)O)c1.F[P-](F)(F)(F)(F)F.F[P-](F)(F)(F)(F)F.[Ru+4]. The van der Waals surface area contributed by atoms with Crippen LogP contribution in [0, 0.1) is 6.92 Å². The molecule has 0 fully saturated rings. The Morgan fingerprint density at radius 2 is 1.03 bits per heavy atom. The maximum atomic E-state index is 10.6. The quantitative estimate of drug-likeness (QED) is 0.109.